The van der Waals surface area contributed by atoms with E-state index < -0.39 is 0 Å². The number of carbonyl (C=O) groups excluding carboxylic acids is 1. The second-order valence-electron chi connectivity index (χ2n) is 3.65. The predicted molar refractivity (Wildman–Crippen MR) is 54.6 cm³/mol. The van der Waals surface area contributed by atoms with E-state index in [0.717, 1.165) is 32.6 Å². The molecule has 1 aromatic heterocycles. The fourth-order valence-corrected chi connectivity index (χ4v) is 1.67. The molecule has 15 heavy (non-hydrogen) atoms. The van der Waals surface area contributed by atoms with Gasteiger partial charge >= 0.3 is 0 Å². The van der Waals surface area contributed by atoms with Crippen molar-refractivity contribution in [3.8, 4) is 0 Å². The summed E-state index contributed by atoms with van der Waals surface area (Å²) in [6, 6.07) is 0. The van der Waals surface area contributed by atoms with Crippen molar-refractivity contribution in [3.63, 3.8) is 0 Å². The summed E-state index contributed by atoms with van der Waals surface area (Å²) >= 11 is 0. The first-order chi connectivity index (χ1) is 7.27. The molecule has 2 rings (SSSR count). The third kappa shape index (κ3) is 2.36. The molecule has 5 heteroatoms. The zero-order valence-electron chi connectivity index (χ0n) is 8.82. The molecule has 1 amide bonds. The van der Waals surface area contributed by atoms with Gasteiger partial charge in [0.1, 0.15) is 6.26 Å². The number of nitrogens with one attached hydrogen (secondary N) is 1. The molecule has 0 unspecified atom stereocenters. The summed E-state index contributed by atoms with van der Waals surface area (Å²) in [5, 5.41) is 3.25. The molecular formula is C10H15N3O2. The second kappa shape index (κ2) is 4.44. The molecule has 1 aromatic rings. The number of oxazole rings is 1. The highest BCUT2D eigenvalue weighted by Crippen LogP contribution is 2.06. The fraction of sp³-hybridized carbons (Fsp3) is 0.600. The largest absolute Gasteiger partial charge is 0.448 e. The first-order valence-corrected chi connectivity index (χ1v) is 5.19. The van der Waals surface area contributed by atoms with E-state index in [2.05, 4.69) is 10.3 Å². The Morgan fingerprint density at radius 3 is 3.13 bits per heavy atom. The maximum atomic E-state index is 11.9. The van der Waals surface area contributed by atoms with E-state index in [9.17, 15) is 4.79 Å². The van der Waals surface area contributed by atoms with Crippen molar-refractivity contribution in [1.82, 2.24) is 15.2 Å². The highest BCUT2D eigenvalue weighted by atomic mass is 16.3. The molecule has 2 heterocycles. The van der Waals surface area contributed by atoms with Gasteiger partial charge in [-0.25, -0.2) is 4.98 Å². The van der Waals surface area contributed by atoms with Crippen LogP contribution in [0.4, 0.5) is 0 Å². The molecule has 0 spiro atoms. The number of nitrogens with zero attached hydrogens (tertiary/aromatic N) is 2. The number of carbonyl (C=O) groups is 1. The Bertz CT molecular complexity index is 340. The van der Waals surface area contributed by atoms with Crippen LogP contribution in [0.25, 0.3) is 0 Å². The lowest BCUT2D eigenvalue weighted by molar-refractivity contribution is 0.0760. The van der Waals surface area contributed by atoms with Crippen LogP contribution in [-0.2, 0) is 0 Å². The number of rotatable bonds is 1. The lowest BCUT2D eigenvalue weighted by Gasteiger charge is -2.17. The highest BCUT2D eigenvalue weighted by Gasteiger charge is 2.19. The third-order valence-corrected chi connectivity index (χ3v) is 2.47. The van der Waals surface area contributed by atoms with Crippen LogP contribution in [0.3, 0.4) is 0 Å². The van der Waals surface area contributed by atoms with Crippen LogP contribution in [0.5, 0.6) is 0 Å². The lowest BCUT2D eigenvalue weighted by Crippen LogP contribution is -2.34. The van der Waals surface area contributed by atoms with Gasteiger partial charge in [0.2, 0.25) is 0 Å². The Hall–Kier alpha value is -1.36. The van der Waals surface area contributed by atoms with Crippen LogP contribution in [0.1, 0.15) is 22.8 Å². The van der Waals surface area contributed by atoms with Gasteiger partial charge < -0.3 is 14.6 Å². The Balaban J connectivity index is 2.06. The van der Waals surface area contributed by atoms with Crippen molar-refractivity contribution in [2.75, 3.05) is 26.2 Å². The Morgan fingerprint density at radius 2 is 2.40 bits per heavy atom. The Morgan fingerprint density at radius 1 is 1.53 bits per heavy atom. The molecule has 1 fully saturated rings. The van der Waals surface area contributed by atoms with E-state index in [1.54, 1.807) is 6.92 Å². The molecule has 1 N–H and O–H groups in total. The van der Waals surface area contributed by atoms with Crippen LogP contribution in [0, 0.1) is 6.92 Å². The topological polar surface area (TPSA) is 58.4 Å². The number of aryl methyl sites for hydroxylation is 1. The second-order valence-corrected chi connectivity index (χ2v) is 3.65. The first kappa shape index (κ1) is 10.2. The van der Waals surface area contributed by atoms with Crippen LogP contribution in [0.15, 0.2) is 10.7 Å². The Labute approximate surface area is 88.5 Å². The van der Waals surface area contributed by atoms with E-state index in [4.69, 9.17) is 4.42 Å². The van der Waals surface area contributed by atoms with E-state index >= 15 is 0 Å². The summed E-state index contributed by atoms with van der Waals surface area (Å²) in [6.45, 7) is 5.09. The lowest BCUT2D eigenvalue weighted by atomic mass is 10.3. The number of aromatic nitrogens is 1. The molecule has 0 radical (unpaired) electrons. The summed E-state index contributed by atoms with van der Waals surface area (Å²) in [6.07, 6.45) is 2.42. The normalized spacial score (nSPS) is 17.5. The molecule has 82 valence electrons. The van der Waals surface area contributed by atoms with Gasteiger partial charge in [0.15, 0.2) is 11.6 Å². The third-order valence-electron chi connectivity index (χ3n) is 2.47. The van der Waals surface area contributed by atoms with Crippen LogP contribution in [-0.4, -0.2) is 42.0 Å². The molecule has 5 nitrogen and oxygen atoms in total. The highest BCUT2D eigenvalue weighted by molar-refractivity contribution is 5.92. The van der Waals surface area contributed by atoms with Crippen molar-refractivity contribution in [1.29, 1.82) is 0 Å². The summed E-state index contributed by atoms with van der Waals surface area (Å²) in [5.74, 6) is 0.502. The molecule has 0 atom stereocenters. The van der Waals surface area contributed by atoms with Gasteiger partial charge in [-0.1, -0.05) is 0 Å². The maximum Gasteiger partial charge on any atom is 0.275 e. The van der Waals surface area contributed by atoms with Gasteiger partial charge in [-0.3, -0.25) is 4.79 Å². The summed E-state index contributed by atoms with van der Waals surface area (Å²) in [5.41, 5.74) is 0.411. The summed E-state index contributed by atoms with van der Waals surface area (Å²) in [7, 11) is 0. The molecule has 0 aromatic carbocycles. The van der Waals surface area contributed by atoms with Gasteiger partial charge in [0.25, 0.3) is 5.91 Å². The maximum absolute atomic E-state index is 11.9. The molecule has 1 aliphatic rings. The smallest absolute Gasteiger partial charge is 0.275 e. The Kier molecular flexibility index (Phi) is 3.01. The standard InChI is InChI=1S/C10H15N3O2/c1-8-12-9(7-15-8)10(14)13-5-2-3-11-4-6-13/h7,11H,2-6H2,1H3. The number of amides is 1. The average molecular weight is 209 g/mol. The van der Waals surface area contributed by atoms with Crippen LogP contribution >= 0.6 is 0 Å². The molecule has 0 saturated carbocycles. The average Bonchev–Trinajstić information content (AvgIpc) is 2.53. The molecule has 1 aliphatic heterocycles. The first-order valence-electron chi connectivity index (χ1n) is 5.19. The van der Waals surface area contributed by atoms with Crippen LogP contribution < -0.4 is 5.32 Å². The monoisotopic (exact) mass is 209 g/mol. The van der Waals surface area contributed by atoms with Crippen molar-refractivity contribution >= 4 is 5.91 Å². The predicted octanol–water partition coefficient (Wildman–Crippen LogP) is 0.419. The zero-order chi connectivity index (χ0) is 10.7. The van der Waals surface area contributed by atoms with E-state index in [0.29, 0.717) is 11.6 Å². The fourth-order valence-electron chi connectivity index (χ4n) is 1.67. The van der Waals surface area contributed by atoms with E-state index in [1.807, 2.05) is 4.90 Å². The molecular weight excluding hydrogens is 194 g/mol. The minimum absolute atomic E-state index is 0.0319. The molecule has 0 aliphatic carbocycles. The SMILES string of the molecule is Cc1nc(C(=O)N2CCCNCC2)co1. The van der Waals surface area contributed by atoms with Crippen molar-refractivity contribution in [3.05, 3.63) is 17.8 Å². The molecule has 1 saturated heterocycles. The van der Waals surface area contributed by atoms with Gasteiger partial charge in [0, 0.05) is 26.6 Å². The molecule has 0 bridgehead atoms. The van der Waals surface area contributed by atoms with Crippen molar-refractivity contribution < 1.29 is 9.21 Å². The quantitative estimate of drug-likeness (QED) is 0.728. The van der Waals surface area contributed by atoms with Crippen molar-refractivity contribution in [2.24, 2.45) is 0 Å². The van der Waals surface area contributed by atoms with Gasteiger partial charge in [0.05, 0.1) is 0 Å². The van der Waals surface area contributed by atoms with E-state index in [-0.39, 0.29) is 5.91 Å². The minimum Gasteiger partial charge on any atom is -0.448 e. The minimum atomic E-state index is -0.0319. The van der Waals surface area contributed by atoms with Crippen molar-refractivity contribution in [2.45, 2.75) is 13.3 Å². The van der Waals surface area contributed by atoms with Gasteiger partial charge in [-0.2, -0.15) is 0 Å². The number of hydrogen-bond acceptors (Lipinski definition) is 4. The summed E-state index contributed by atoms with van der Waals surface area (Å²) in [4.78, 5) is 17.8. The van der Waals surface area contributed by atoms with Crippen LogP contribution in [0.2, 0.25) is 0 Å². The zero-order valence-corrected chi connectivity index (χ0v) is 8.82. The number of hydrogen-bond donors (Lipinski definition) is 1. The summed E-state index contributed by atoms with van der Waals surface area (Å²) < 4.78 is 5.03. The van der Waals surface area contributed by atoms with E-state index in [1.165, 1.54) is 6.26 Å². The van der Waals surface area contributed by atoms with Gasteiger partial charge in [-0.15, -0.1) is 0 Å². The van der Waals surface area contributed by atoms with Gasteiger partial charge in [-0.05, 0) is 13.0 Å².